The number of hydrogen-bond acceptors (Lipinski definition) is 14. The van der Waals surface area contributed by atoms with Crippen LogP contribution in [0.25, 0.3) is 0 Å². The van der Waals surface area contributed by atoms with Gasteiger partial charge in [-0.1, -0.05) is 27.7 Å². The lowest BCUT2D eigenvalue weighted by Gasteiger charge is -2.50. The fraction of sp³-hybridized carbons (Fsp3) is 0.971. The molecule has 3 aliphatic rings. The number of likely N-dealkylation sites (N-methyl/N-ethyl adjacent to an activating group) is 1. The van der Waals surface area contributed by atoms with Gasteiger partial charge >= 0.3 is 5.97 Å². The number of aliphatic hydroxyl groups excluding tert-OH is 3. The van der Waals surface area contributed by atoms with Gasteiger partial charge < -0.3 is 64.8 Å². The van der Waals surface area contributed by atoms with E-state index in [4.69, 9.17) is 34.2 Å². The summed E-state index contributed by atoms with van der Waals surface area (Å²) in [5.41, 5.74) is 2.79. The molecule has 49 heavy (non-hydrogen) atoms. The van der Waals surface area contributed by atoms with Crippen LogP contribution in [0.2, 0.25) is 0 Å². The van der Waals surface area contributed by atoms with Gasteiger partial charge in [0.2, 0.25) is 0 Å². The summed E-state index contributed by atoms with van der Waals surface area (Å²) in [5.74, 6) is -2.93. The molecule has 0 aromatic rings. The van der Waals surface area contributed by atoms with Crippen molar-refractivity contribution in [3.05, 3.63) is 0 Å². The number of methoxy groups -OCH3 is 1. The van der Waals surface area contributed by atoms with Crippen molar-refractivity contribution in [2.24, 2.45) is 23.5 Å². The minimum Gasteiger partial charge on any atom is -0.462 e. The second-order valence-electron chi connectivity index (χ2n) is 14.9. The van der Waals surface area contributed by atoms with Gasteiger partial charge in [0.15, 0.2) is 12.6 Å². The van der Waals surface area contributed by atoms with E-state index < -0.39 is 84.4 Å². The predicted octanol–water partition coefficient (Wildman–Crippen LogP) is 1.34. The van der Waals surface area contributed by atoms with Crippen molar-refractivity contribution in [2.75, 3.05) is 41.0 Å². The molecule has 3 heterocycles. The molecule has 7 N–H and O–H groups in total. The highest BCUT2D eigenvalue weighted by atomic mass is 16.7. The van der Waals surface area contributed by atoms with E-state index in [1.54, 1.807) is 34.6 Å². The number of nitrogens with two attached hydrogens (primary N) is 1. The minimum absolute atomic E-state index is 0.0948. The van der Waals surface area contributed by atoms with Gasteiger partial charge in [0.1, 0.15) is 24.5 Å². The van der Waals surface area contributed by atoms with Crippen LogP contribution in [0.5, 0.6) is 0 Å². The quantitative estimate of drug-likeness (QED) is 0.171. The molecule has 0 amide bonds. The van der Waals surface area contributed by atoms with Crippen molar-refractivity contribution in [3.8, 4) is 0 Å². The van der Waals surface area contributed by atoms with Crippen LogP contribution in [0.4, 0.5) is 0 Å². The molecular weight excluding hydrogens is 638 g/mol. The van der Waals surface area contributed by atoms with Crippen molar-refractivity contribution >= 4 is 5.97 Å². The van der Waals surface area contributed by atoms with E-state index in [0.717, 1.165) is 6.42 Å². The first-order valence-electron chi connectivity index (χ1n) is 18.0. The second kappa shape index (κ2) is 18.7. The highest BCUT2D eigenvalue weighted by Gasteiger charge is 2.55. The Labute approximate surface area is 294 Å². The van der Waals surface area contributed by atoms with E-state index >= 15 is 0 Å². The third kappa shape index (κ3) is 11.0. The molecule has 3 fully saturated rings. The number of hydrogen-bond donors (Lipinski definition) is 6. The molecule has 0 aromatic heterocycles. The Balaban J connectivity index is 0.00000409. The number of carbonyl (C=O) groups is 1. The molecule has 0 saturated carbocycles. The van der Waals surface area contributed by atoms with E-state index in [1.807, 2.05) is 46.7 Å². The molecule has 0 radical (unpaired) electrons. The van der Waals surface area contributed by atoms with Gasteiger partial charge in [-0.25, -0.2) is 0 Å². The molecule has 0 bridgehead atoms. The summed E-state index contributed by atoms with van der Waals surface area (Å²) in [6.07, 6.45) is -4.63. The maximum absolute atomic E-state index is 13.7. The summed E-state index contributed by atoms with van der Waals surface area (Å²) < 4.78 is 36.5. The molecule has 0 aliphatic carbocycles. The molecule has 3 aliphatic heterocycles. The number of carbonyl (C=O) groups excluding carboxylic acids is 1. The summed E-state index contributed by atoms with van der Waals surface area (Å²) in [7, 11) is 5.20. The Morgan fingerprint density at radius 2 is 1.63 bits per heavy atom. The van der Waals surface area contributed by atoms with Crippen LogP contribution < -0.4 is 11.1 Å². The standard InChI is InChI=1S/C33H63N3O11.C2H6/c1-18-13-31(6,41)29(46-26-12-23(35-8)11-19(2)45-26)20(3)33(34,47-27-14-32(7,42-10)25(38)17-43-27)21(4)30(40)44-16-24(37)28(39)22(5)36(9)15-18;1-2/h18-29,35,37-39,41H,11-17,34H2,1-10H3;1-2H3/t18-,19?,20-,21?,22?,23?,24?,25?,26?,27?,28?,29?,31-,32?,33?;/m1./s1. The summed E-state index contributed by atoms with van der Waals surface area (Å²) >= 11 is 0. The number of nitrogens with one attached hydrogen (secondary N) is 1. The van der Waals surface area contributed by atoms with Gasteiger partial charge in [0.05, 0.1) is 42.0 Å². The predicted molar refractivity (Wildman–Crippen MR) is 184 cm³/mol. The van der Waals surface area contributed by atoms with Crippen LogP contribution in [-0.2, 0) is 33.2 Å². The zero-order valence-corrected chi connectivity index (χ0v) is 32.0. The summed E-state index contributed by atoms with van der Waals surface area (Å²) in [6, 6.07) is -0.356. The average Bonchev–Trinajstić information content (AvgIpc) is 3.05. The third-order valence-electron chi connectivity index (χ3n) is 10.9. The smallest absolute Gasteiger partial charge is 0.313 e. The molecule has 0 spiro atoms. The van der Waals surface area contributed by atoms with Crippen LogP contribution in [0.3, 0.4) is 0 Å². The second-order valence-corrected chi connectivity index (χ2v) is 14.9. The lowest BCUT2D eigenvalue weighted by atomic mass is 9.74. The molecule has 0 aromatic carbocycles. The molecule has 14 heteroatoms. The van der Waals surface area contributed by atoms with Gasteiger partial charge in [-0.05, 0) is 67.5 Å². The zero-order chi connectivity index (χ0) is 37.5. The van der Waals surface area contributed by atoms with Crippen LogP contribution in [0, 0.1) is 17.8 Å². The number of rotatable bonds is 6. The number of aliphatic hydroxyl groups is 4. The number of cyclic esters (lactones) is 1. The lowest BCUT2D eigenvalue weighted by molar-refractivity contribution is -0.318. The first-order valence-corrected chi connectivity index (χ1v) is 18.0. The SMILES string of the molecule is CC.CNC1CC(C)OC(OC2[C@@H](C)C(N)(OC3CC(C)(OC)C(O)CO3)C(C)C(=O)OCC(O)C(O)C(C)N(C)C[C@H](C)C[C@@]2(C)O)C1. The van der Waals surface area contributed by atoms with Crippen LogP contribution >= 0.6 is 0 Å². The van der Waals surface area contributed by atoms with E-state index in [2.05, 4.69) is 5.32 Å². The topological polar surface area (TPSA) is 195 Å². The summed E-state index contributed by atoms with van der Waals surface area (Å²) in [5, 5.41) is 47.9. The monoisotopic (exact) mass is 707 g/mol. The molecule has 12 unspecified atom stereocenters. The lowest BCUT2D eigenvalue weighted by Crippen LogP contribution is -2.66. The Kier molecular flexibility index (Phi) is 16.8. The molecule has 14 nitrogen and oxygen atoms in total. The highest BCUT2D eigenvalue weighted by molar-refractivity contribution is 5.73. The van der Waals surface area contributed by atoms with Crippen molar-refractivity contribution in [2.45, 2.75) is 160 Å². The Bertz CT molecular complexity index is 1010. The minimum atomic E-state index is -1.87. The molecule has 3 saturated heterocycles. The maximum atomic E-state index is 13.7. The summed E-state index contributed by atoms with van der Waals surface area (Å²) in [6.45, 7) is 16.4. The van der Waals surface area contributed by atoms with Crippen molar-refractivity contribution < 1.29 is 53.6 Å². The van der Waals surface area contributed by atoms with E-state index in [9.17, 15) is 25.2 Å². The maximum Gasteiger partial charge on any atom is 0.313 e. The molecular formula is C35H69N3O11. The van der Waals surface area contributed by atoms with E-state index in [-0.39, 0.29) is 37.5 Å². The Hall–Kier alpha value is -1.01. The first-order chi connectivity index (χ1) is 22.8. The van der Waals surface area contributed by atoms with Crippen LogP contribution in [0.15, 0.2) is 0 Å². The van der Waals surface area contributed by atoms with Gasteiger partial charge in [-0.3, -0.25) is 4.79 Å². The van der Waals surface area contributed by atoms with Gasteiger partial charge in [0.25, 0.3) is 0 Å². The van der Waals surface area contributed by atoms with Gasteiger partial charge in [-0.2, -0.15) is 0 Å². The van der Waals surface area contributed by atoms with Crippen molar-refractivity contribution in [1.29, 1.82) is 0 Å². The molecule has 3 rings (SSSR count). The van der Waals surface area contributed by atoms with Crippen LogP contribution in [-0.4, -0.2) is 144 Å². The first kappa shape index (κ1) is 44.2. The zero-order valence-electron chi connectivity index (χ0n) is 32.0. The normalized spacial score (nSPS) is 46.8. The van der Waals surface area contributed by atoms with Crippen molar-refractivity contribution in [3.63, 3.8) is 0 Å². The molecule has 15 atom stereocenters. The van der Waals surface area contributed by atoms with Gasteiger partial charge in [-0.15, -0.1) is 0 Å². The summed E-state index contributed by atoms with van der Waals surface area (Å²) in [4.78, 5) is 15.6. The highest BCUT2D eigenvalue weighted by Crippen LogP contribution is 2.41. The Morgan fingerprint density at radius 3 is 2.22 bits per heavy atom. The fourth-order valence-corrected chi connectivity index (χ4v) is 7.35. The largest absolute Gasteiger partial charge is 0.462 e. The van der Waals surface area contributed by atoms with E-state index in [1.165, 1.54) is 7.11 Å². The van der Waals surface area contributed by atoms with Crippen LogP contribution in [0.1, 0.15) is 88.0 Å². The van der Waals surface area contributed by atoms with E-state index in [0.29, 0.717) is 13.0 Å². The fourth-order valence-electron chi connectivity index (χ4n) is 7.35. The third-order valence-corrected chi connectivity index (χ3v) is 10.9. The average molecular weight is 708 g/mol. The number of esters is 1. The number of ether oxygens (including phenoxy) is 6. The van der Waals surface area contributed by atoms with Gasteiger partial charge in [0, 0.05) is 44.5 Å². The number of nitrogens with zero attached hydrogens (tertiary/aromatic N) is 1. The Morgan fingerprint density at radius 1 is 1.00 bits per heavy atom. The van der Waals surface area contributed by atoms with Crippen molar-refractivity contribution in [1.82, 2.24) is 10.2 Å². The molecule has 290 valence electrons.